The zero-order valence-corrected chi connectivity index (χ0v) is 15.2. The Balaban J connectivity index is 1.81. The number of hydrogen-bond acceptors (Lipinski definition) is 5. The lowest BCUT2D eigenvalue weighted by Gasteiger charge is -2.22. The van der Waals surface area contributed by atoms with Crippen LogP contribution >= 0.6 is 0 Å². The van der Waals surface area contributed by atoms with Crippen LogP contribution in [-0.4, -0.2) is 68.6 Å². The van der Waals surface area contributed by atoms with Crippen LogP contribution < -0.4 is 14.8 Å². The molecule has 7 nitrogen and oxygen atoms in total. The van der Waals surface area contributed by atoms with Gasteiger partial charge in [-0.25, -0.2) is 0 Å². The standard InChI is InChI=1S/C18H27N3O4/c1-14(22)21(9-4-8-20(2)3)10-7-18(23)19-15-5-6-16-17(13-15)25-12-11-24-16/h5-6,13H,4,7-12H2,1-3H3,(H,19,23). The number of carbonyl (C=O) groups is 2. The molecule has 1 aliphatic rings. The van der Waals surface area contributed by atoms with E-state index < -0.39 is 0 Å². The summed E-state index contributed by atoms with van der Waals surface area (Å²) in [7, 11) is 4.00. The van der Waals surface area contributed by atoms with E-state index in [0.717, 1.165) is 13.0 Å². The Morgan fingerprint density at radius 3 is 2.48 bits per heavy atom. The molecule has 7 heteroatoms. The maximum Gasteiger partial charge on any atom is 0.226 e. The highest BCUT2D eigenvalue weighted by Gasteiger charge is 2.14. The van der Waals surface area contributed by atoms with E-state index in [2.05, 4.69) is 10.2 Å². The Labute approximate surface area is 148 Å². The van der Waals surface area contributed by atoms with Crippen molar-refractivity contribution in [1.82, 2.24) is 9.80 Å². The van der Waals surface area contributed by atoms with E-state index in [1.807, 2.05) is 14.1 Å². The molecule has 0 saturated carbocycles. The number of hydrogen-bond donors (Lipinski definition) is 1. The van der Waals surface area contributed by atoms with E-state index in [0.29, 0.717) is 43.5 Å². The smallest absolute Gasteiger partial charge is 0.226 e. The van der Waals surface area contributed by atoms with E-state index in [1.165, 1.54) is 6.92 Å². The Bertz CT molecular complexity index is 604. The van der Waals surface area contributed by atoms with Crippen LogP contribution in [0.2, 0.25) is 0 Å². The van der Waals surface area contributed by atoms with Crippen molar-refractivity contribution in [2.45, 2.75) is 19.8 Å². The molecule has 2 amide bonds. The highest BCUT2D eigenvalue weighted by atomic mass is 16.6. The van der Waals surface area contributed by atoms with Gasteiger partial charge in [0, 0.05) is 38.2 Å². The second kappa shape index (κ2) is 9.27. The Morgan fingerprint density at radius 1 is 1.08 bits per heavy atom. The molecule has 25 heavy (non-hydrogen) atoms. The molecule has 1 N–H and O–H groups in total. The fourth-order valence-electron chi connectivity index (χ4n) is 2.59. The fourth-order valence-corrected chi connectivity index (χ4v) is 2.59. The largest absolute Gasteiger partial charge is 0.486 e. The first-order valence-electron chi connectivity index (χ1n) is 8.55. The fraction of sp³-hybridized carbons (Fsp3) is 0.556. The van der Waals surface area contributed by atoms with E-state index in [4.69, 9.17) is 9.47 Å². The van der Waals surface area contributed by atoms with Gasteiger partial charge in [-0.2, -0.15) is 0 Å². The third-order valence-electron chi connectivity index (χ3n) is 3.91. The van der Waals surface area contributed by atoms with Crippen molar-refractivity contribution in [3.63, 3.8) is 0 Å². The summed E-state index contributed by atoms with van der Waals surface area (Å²) in [6.07, 6.45) is 1.15. The summed E-state index contributed by atoms with van der Waals surface area (Å²) in [4.78, 5) is 27.7. The molecule has 0 unspecified atom stereocenters. The molecule has 1 aliphatic heterocycles. The summed E-state index contributed by atoms with van der Waals surface area (Å²) in [5, 5.41) is 2.84. The summed E-state index contributed by atoms with van der Waals surface area (Å²) in [5.41, 5.74) is 0.663. The molecular formula is C18H27N3O4. The van der Waals surface area contributed by atoms with Crippen LogP contribution in [0.4, 0.5) is 5.69 Å². The monoisotopic (exact) mass is 349 g/mol. The van der Waals surface area contributed by atoms with Gasteiger partial charge in [-0.05, 0) is 39.2 Å². The van der Waals surface area contributed by atoms with Crippen molar-refractivity contribution >= 4 is 17.5 Å². The van der Waals surface area contributed by atoms with Crippen LogP contribution in [0.3, 0.4) is 0 Å². The average molecular weight is 349 g/mol. The van der Waals surface area contributed by atoms with Crippen molar-refractivity contribution in [1.29, 1.82) is 0 Å². The number of amides is 2. The Kier molecular flexibility index (Phi) is 7.06. The van der Waals surface area contributed by atoms with Crippen LogP contribution in [0.5, 0.6) is 11.5 Å². The molecule has 1 heterocycles. The van der Waals surface area contributed by atoms with Crippen LogP contribution in [0.25, 0.3) is 0 Å². The van der Waals surface area contributed by atoms with Gasteiger partial charge in [0.15, 0.2) is 11.5 Å². The van der Waals surface area contributed by atoms with E-state index >= 15 is 0 Å². The summed E-state index contributed by atoms with van der Waals surface area (Å²) in [5.74, 6) is 1.19. The van der Waals surface area contributed by atoms with Crippen molar-refractivity contribution < 1.29 is 19.1 Å². The highest BCUT2D eigenvalue weighted by Crippen LogP contribution is 2.32. The SMILES string of the molecule is CC(=O)N(CCCN(C)C)CCC(=O)Nc1ccc2c(c1)OCCO2. The molecule has 0 radical (unpaired) electrons. The molecule has 1 aromatic rings. The summed E-state index contributed by atoms with van der Waals surface area (Å²) in [6.45, 7) is 4.56. The van der Waals surface area contributed by atoms with Gasteiger partial charge < -0.3 is 24.6 Å². The number of fused-ring (bicyclic) bond motifs is 1. The minimum atomic E-state index is -0.129. The minimum Gasteiger partial charge on any atom is -0.486 e. The second-order valence-corrected chi connectivity index (χ2v) is 6.32. The van der Waals surface area contributed by atoms with E-state index in [-0.39, 0.29) is 18.2 Å². The molecule has 0 fully saturated rings. The van der Waals surface area contributed by atoms with Crippen molar-refractivity contribution in [2.75, 3.05) is 52.3 Å². The number of carbonyl (C=O) groups excluding carboxylic acids is 2. The topological polar surface area (TPSA) is 71.1 Å². The van der Waals surface area contributed by atoms with Gasteiger partial charge in [-0.15, -0.1) is 0 Å². The molecule has 0 aliphatic carbocycles. The summed E-state index contributed by atoms with van der Waals surface area (Å²) in [6, 6.07) is 5.32. The maximum absolute atomic E-state index is 12.2. The van der Waals surface area contributed by atoms with E-state index in [1.54, 1.807) is 23.1 Å². The van der Waals surface area contributed by atoms with Gasteiger partial charge in [0.2, 0.25) is 11.8 Å². The molecule has 0 spiro atoms. The number of anilines is 1. The molecule has 0 bridgehead atoms. The van der Waals surface area contributed by atoms with Gasteiger partial charge in [0.05, 0.1) is 0 Å². The quantitative estimate of drug-likeness (QED) is 0.772. The van der Waals surface area contributed by atoms with Gasteiger partial charge in [0.1, 0.15) is 13.2 Å². The Morgan fingerprint density at radius 2 is 1.80 bits per heavy atom. The predicted octanol–water partition coefficient (Wildman–Crippen LogP) is 1.59. The number of nitrogens with one attached hydrogen (secondary N) is 1. The number of ether oxygens (including phenoxy) is 2. The molecule has 0 atom stereocenters. The van der Waals surface area contributed by atoms with Gasteiger partial charge in [-0.3, -0.25) is 9.59 Å². The average Bonchev–Trinajstić information content (AvgIpc) is 2.57. The van der Waals surface area contributed by atoms with E-state index in [9.17, 15) is 9.59 Å². The predicted molar refractivity (Wildman–Crippen MR) is 96.1 cm³/mol. The summed E-state index contributed by atoms with van der Waals surface area (Å²) < 4.78 is 11.0. The third kappa shape index (κ3) is 6.26. The summed E-state index contributed by atoms with van der Waals surface area (Å²) >= 11 is 0. The van der Waals surface area contributed by atoms with Crippen molar-refractivity contribution in [3.05, 3.63) is 18.2 Å². The number of benzene rings is 1. The van der Waals surface area contributed by atoms with Crippen LogP contribution in [0.1, 0.15) is 19.8 Å². The van der Waals surface area contributed by atoms with Crippen LogP contribution in [-0.2, 0) is 9.59 Å². The van der Waals surface area contributed by atoms with Crippen molar-refractivity contribution in [2.24, 2.45) is 0 Å². The lowest BCUT2D eigenvalue weighted by molar-refractivity contribution is -0.129. The highest BCUT2D eigenvalue weighted by molar-refractivity contribution is 5.91. The molecule has 0 aromatic heterocycles. The van der Waals surface area contributed by atoms with Crippen molar-refractivity contribution in [3.8, 4) is 11.5 Å². The first kappa shape index (κ1) is 19.1. The van der Waals surface area contributed by atoms with Gasteiger partial charge >= 0.3 is 0 Å². The van der Waals surface area contributed by atoms with Crippen LogP contribution in [0.15, 0.2) is 18.2 Å². The van der Waals surface area contributed by atoms with Gasteiger partial charge in [-0.1, -0.05) is 0 Å². The zero-order valence-electron chi connectivity index (χ0n) is 15.2. The molecule has 2 rings (SSSR count). The normalized spacial score (nSPS) is 12.8. The lowest BCUT2D eigenvalue weighted by atomic mass is 10.2. The molecule has 138 valence electrons. The number of rotatable bonds is 8. The second-order valence-electron chi connectivity index (χ2n) is 6.32. The minimum absolute atomic E-state index is 0.00844. The molecule has 0 saturated heterocycles. The van der Waals surface area contributed by atoms with Gasteiger partial charge in [0.25, 0.3) is 0 Å². The molecule has 1 aromatic carbocycles. The molecular weight excluding hydrogens is 322 g/mol. The van der Waals surface area contributed by atoms with Crippen LogP contribution in [0, 0.1) is 0 Å². The maximum atomic E-state index is 12.2. The first-order chi connectivity index (χ1) is 12.0. The number of nitrogens with zero attached hydrogens (tertiary/aromatic N) is 2. The lowest BCUT2D eigenvalue weighted by Crippen LogP contribution is -2.34. The first-order valence-corrected chi connectivity index (χ1v) is 8.55. The Hall–Kier alpha value is -2.28. The zero-order chi connectivity index (χ0) is 18.2. The third-order valence-corrected chi connectivity index (χ3v) is 3.91.